The van der Waals surface area contributed by atoms with Crippen molar-refractivity contribution in [3.8, 4) is 11.1 Å². The zero-order valence-electron chi connectivity index (χ0n) is 21.8. The lowest BCUT2D eigenvalue weighted by atomic mass is 10.0. The maximum absolute atomic E-state index is 13.8. The van der Waals surface area contributed by atoms with Crippen molar-refractivity contribution in [1.29, 1.82) is 0 Å². The van der Waals surface area contributed by atoms with Crippen molar-refractivity contribution >= 4 is 44.7 Å². The number of primary amides is 1. The minimum atomic E-state index is -2.88. The Labute approximate surface area is 225 Å². The highest BCUT2D eigenvalue weighted by molar-refractivity contribution is 7.21. The molecule has 0 bridgehead atoms. The Morgan fingerprint density at radius 2 is 1.90 bits per heavy atom. The lowest BCUT2D eigenvalue weighted by Gasteiger charge is -2.15. The van der Waals surface area contributed by atoms with E-state index in [1.807, 2.05) is 6.92 Å². The quantitative estimate of drug-likeness (QED) is 0.224. The summed E-state index contributed by atoms with van der Waals surface area (Å²) in [5.74, 6) is -2.14. The van der Waals surface area contributed by atoms with Gasteiger partial charge in [-0.15, -0.1) is 11.3 Å². The van der Waals surface area contributed by atoms with E-state index in [9.17, 15) is 28.5 Å². The summed E-state index contributed by atoms with van der Waals surface area (Å²) in [6.45, 7) is 8.81. The summed E-state index contributed by atoms with van der Waals surface area (Å²) in [4.78, 5) is 40.6. The second-order valence-corrected chi connectivity index (χ2v) is 10.1. The van der Waals surface area contributed by atoms with Gasteiger partial charge in [-0.2, -0.15) is 10.2 Å². The number of alkyl halides is 2. The Bertz CT molecular complexity index is 1620. The molecule has 0 aliphatic rings. The summed E-state index contributed by atoms with van der Waals surface area (Å²) >= 11 is 0.806. The van der Waals surface area contributed by atoms with Crippen LogP contribution in [0.4, 0.5) is 20.2 Å². The lowest BCUT2D eigenvalue weighted by Crippen LogP contribution is -2.26. The fourth-order valence-electron chi connectivity index (χ4n) is 4.40. The number of aryl methyl sites for hydroxylation is 3. The van der Waals surface area contributed by atoms with Crippen LogP contribution in [-0.2, 0) is 17.9 Å². The molecule has 4 rings (SSSR count). The third-order valence-electron chi connectivity index (χ3n) is 6.36. The molecule has 1 atom stereocenters. The van der Waals surface area contributed by atoms with E-state index in [-0.39, 0.29) is 33.3 Å². The van der Waals surface area contributed by atoms with Gasteiger partial charge in [-0.1, -0.05) is 6.92 Å². The molecule has 15 heteroatoms. The molecule has 0 radical (unpaired) electrons. The van der Waals surface area contributed by atoms with Crippen molar-refractivity contribution in [3.05, 3.63) is 50.0 Å². The van der Waals surface area contributed by atoms with E-state index in [4.69, 9.17) is 5.73 Å². The molecule has 0 spiro atoms. The number of pyridine rings is 1. The van der Waals surface area contributed by atoms with Gasteiger partial charge >= 0.3 is 5.69 Å². The molecule has 12 nitrogen and oxygen atoms in total. The zero-order valence-corrected chi connectivity index (χ0v) is 22.6. The van der Waals surface area contributed by atoms with E-state index in [1.165, 1.54) is 24.6 Å². The smallest absolute Gasteiger partial charge is 0.312 e. The Hall–Kier alpha value is -4.27. The van der Waals surface area contributed by atoms with E-state index < -0.39 is 34.8 Å². The standard InChI is InChI=1S/C24H26F2N8O4S/c1-6-32-9-15(11(3)30-32)14-7-16(21(25)26)28-24-17(14)18(20(39-24)22(27)35)29-23(36)10(2)8-33-13(5)19(34(37)38)12(4)31-33/h7,9-10,21H,6,8H2,1-5H3,(H2,27,35)(H,29,36). The molecule has 0 saturated carbocycles. The molecule has 0 aliphatic heterocycles. The van der Waals surface area contributed by atoms with Gasteiger partial charge in [0.2, 0.25) is 5.91 Å². The molecule has 1 unspecified atom stereocenters. The maximum Gasteiger partial charge on any atom is 0.312 e. The Balaban J connectivity index is 1.81. The second-order valence-electron chi connectivity index (χ2n) is 9.08. The minimum Gasteiger partial charge on any atom is -0.365 e. The third-order valence-corrected chi connectivity index (χ3v) is 7.46. The first kappa shape index (κ1) is 27.8. The van der Waals surface area contributed by atoms with Crippen LogP contribution in [-0.4, -0.2) is 41.3 Å². The number of nitrogens with one attached hydrogen (secondary N) is 1. The number of anilines is 1. The molecule has 4 heterocycles. The van der Waals surface area contributed by atoms with Crippen molar-refractivity contribution in [3.63, 3.8) is 0 Å². The van der Waals surface area contributed by atoms with Crippen molar-refractivity contribution in [2.24, 2.45) is 11.7 Å². The van der Waals surface area contributed by atoms with Crippen LogP contribution in [0.1, 0.15) is 52.7 Å². The van der Waals surface area contributed by atoms with Crippen LogP contribution < -0.4 is 11.1 Å². The van der Waals surface area contributed by atoms with Crippen LogP contribution in [0.2, 0.25) is 0 Å². The van der Waals surface area contributed by atoms with E-state index in [1.54, 1.807) is 24.7 Å². The van der Waals surface area contributed by atoms with Crippen LogP contribution in [0.5, 0.6) is 0 Å². The van der Waals surface area contributed by atoms with Crippen molar-refractivity contribution < 1.29 is 23.3 Å². The number of nitrogens with two attached hydrogens (primary N) is 1. The first-order valence-corrected chi connectivity index (χ1v) is 12.7. The molecular formula is C24H26F2N8O4S. The molecule has 0 saturated heterocycles. The minimum absolute atomic E-state index is 0.0172. The van der Waals surface area contributed by atoms with Crippen molar-refractivity contribution in [2.75, 3.05) is 5.32 Å². The van der Waals surface area contributed by atoms with Gasteiger partial charge in [0.25, 0.3) is 12.3 Å². The van der Waals surface area contributed by atoms with E-state index in [2.05, 4.69) is 20.5 Å². The molecule has 2 amide bonds. The predicted molar refractivity (Wildman–Crippen MR) is 141 cm³/mol. The number of carbonyl (C=O) groups is 2. The predicted octanol–water partition coefficient (Wildman–Crippen LogP) is 4.52. The summed E-state index contributed by atoms with van der Waals surface area (Å²) < 4.78 is 30.6. The van der Waals surface area contributed by atoms with E-state index in [0.717, 1.165) is 11.3 Å². The van der Waals surface area contributed by atoms with Gasteiger partial charge in [0.05, 0.1) is 28.8 Å². The van der Waals surface area contributed by atoms with Crippen molar-refractivity contribution in [1.82, 2.24) is 24.5 Å². The molecule has 206 valence electrons. The highest BCUT2D eigenvalue weighted by Crippen LogP contribution is 2.43. The van der Waals surface area contributed by atoms with Crippen LogP contribution in [0.3, 0.4) is 0 Å². The monoisotopic (exact) mass is 560 g/mol. The third kappa shape index (κ3) is 5.08. The first-order valence-electron chi connectivity index (χ1n) is 11.9. The zero-order chi connectivity index (χ0) is 28.8. The topological polar surface area (TPSA) is 164 Å². The number of rotatable bonds is 9. The number of nitro groups is 1. The van der Waals surface area contributed by atoms with Gasteiger partial charge in [0.1, 0.15) is 26.8 Å². The number of thiophene rings is 1. The summed E-state index contributed by atoms with van der Waals surface area (Å²) in [7, 11) is 0. The number of amides is 2. The van der Waals surface area contributed by atoms with Crippen LogP contribution >= 0.6 is 11.3 Å². The fraction of sp³-hybridized carbons (Fsp3) is 0.375. The van der Waals surface area contributed by atoms with Crippen LogP contribution in [0, 0.1) is 36.8 Å². The molecule has 4 aromatic rings. The van der Waals surface area contributed by atoms with E-state index >= 15 is 0 Å². The van der Waals surface area contributed by atoms with Gasteiger partial charge < -0.3 is 11.1 Å². The first-order chi connectivity index (χ1) is 18.3. The summed E-state index contributed by atoms with van der Waals surface area (Å²) in [6, 6.07) is 1.22. The maximum atomic E-state index is 13.8. The molecule has 0 aliphatic carbocycles. The Morgan fingerprint density at radius 3 is 2.44 bits per heavy atom. The molecule has 39 heavy (non-hydrogen) atoms. The average Bonchev–Trinajstić information content (AvgIpc) is 3.51. The van der Waals surface area contributed by atoms with Gasteiger partial charge in [-0.05, 0) is 39.3 Å². The number of nitrogens with zero attached hydrogens (tertiary/aromatic N) is 6. The highest BCUT2D eigenvalue weighted by atomic mass is 32.1. The molecule has 0 fully saturated rings. The fourth-order valence-corrected chi connectivity index (χ4v) is 5.41. The highest BCUT2D eigenvalue weighted by Gasteiger charge is 2.28. The van der Waals surface area contributed by atoms with Gasteiger partial charge in [-0.3, -0.25) is 29.1 Å². The summed E-state index contributed by atoms with van der Waals surface area (Å²) in [5.41, 5.74) is 7.00. The Morgan fingerprint density at radius 1 is 1.21 bits per heavy atom. The second kappa shape index (κ2) is 10.5. The number of aromatic nitrogens is 5. The molecule has 4 aromatic heterocycles. The number of fused-ring (bicyclic) bond motifs is 1. The van der Waals surface area contributed by atoms with Gasteiger partial charge in [0.15, 0.2) is 0 Å². The number of carbonyl (C=O) groups excluding carboxylic acids is 2. The summed E-state index contributed by atoms with van der Waals surface area (Å²) in [6.07, 6.45) is -1.18. The Kier molecular flexibility index (Phi) is 7.46. The SMILES string of the molecule is CCn1cc(-c2cc(C(F)F)nc3sc(C(N)=O)c(NC(=O)C(C)Cn4nc(C)c([N+](=O)[O-])c4C)c23)c(C)n1. The lowest BCUT2D eigenvalue weighted by molar-refractivity contribution is -0.386. The number of hydrogen-bond donors (Lipinski definition) is 2. The van der Waals surface area contributed by atoms with Crippen LogP contribution in [0.15, 0.2) is 12.3 Å². The number of hydrogen-bond acceptors (Lipinski definition) is 8. The summed E-state index contributed by atoms with van der Waals surface area (Å²) in [5, 5.41) is 23.0. The molecular weight excluding hydrogens is 534 g/mol. The van der Waals surface area contributed by atoms with Gasteiger partial charge in [-0.25, -0.2) is 13.8 Å². The largest absolute Gasteiger partial charge is 0.365 e. The normalized spacial score (nSPS) is 12.3. The molecule has 0 aromatic carbocycles. The van der Waals surface area contributed by atoms with Gasteiger partial charge in [0, 0.05) is 23.7 Å². The molecule has 3 N–H and O–H groups in total. The van der Waals surface area contributed by atoms with Crippen LogP contribution in [0.25, 0.3) is 21.3 Å². The van der Waals surface area contributed by atoms with E-state index in [0.29, 0.717) is 34.4 Å². The number of halogens is 2. The van der Waals surface area contributed by atoms with Crippen molar-refractivity contribution in [2.45, 2.75) is 54.1 Å². The average molecular weight is 561 g/mol.